The number of rotatable bonds is 5. The Bertz CT molecular complexity index is 203. The van der Waals surface area contributed by atoms with Gasteiger partial charge in [-0.05, 0) is 6.42 Å². The summed E-state index contributed by atoms with van der Waals surface area (Å²) in [6.07, 6.45) is 2.13. The van der Waals surface area contributed by atoms with Crippen molar-refractivity contribution in [3.63, 3.8) is 0 Å². The highest BCUT2D eigenvalue weighted by molar-refractivity contribution is 7.99. The van der Waals surface area contributed by atoms with E-state index < -0.39 is 0 Å². The van der Waals surface area contributed by atoms with Crippen LogP contribution in [0.1, 0.15) is 19.2 Å². The van der Waals surface area contributed by atoms with E-state index >= 15 is 0 Å². The summed E-state index contributed by atoms with van der Waals surface area (Å²) in [4.78, 5) is 3.89. The summed E-state index contributed by atoms with van der Waals surface area (Å²) in [5.41, 5.74) is 0. The van der Waals surface area contributed by atoms with E-state index in [4.69, 9.17) is 5.11 Å². The van der Waals surface area contributed by atoms with Crippen molar-refractivity contribution in [2.24, 2.45) is 0 Å². The molecule has 1 rings (SSSR count). The highest BCUT2D eigenvalue weighted by Gasteiger charge is 2.04. The number of thioether (sulfide) groups is 1. The number of hydrogen-bond acceptors (Lipinski definition) is 5. The van der Waals surface area contributed by atoms with E-state index in [0.29, 0.717) is 11.1 Å². The largest absolute Gasteiger partial charge is 0.396 e. The zero-order valence-electron chi connectivity index (χ0n) is 6.93. The SMILES string of the molecule is CC(CCO)SCc1ncon1. The number of aliphatic hydroxyl groups is 1. The summed E-state index contributed by atoms with van der Waals surface area (Å²) >= 11 is 1.71. The van der Waals surface area contributed by atoms with Crippen LogP contribution in [0.3, 0.4) is 0 Å². The molecule has 68 valence electrons. The van der Waals surface area contributed by atoms with Crippen molar-refractivity contribution >= 4 is 11.8 Å². The van der Waals surface area contributed by atoms with Gasteiger partial charge >= 0.3 is 0 Å². The van der Waals surface area contributed by atoms with Gasteiger partial charge in [-0.15, -0.1) is 0 Å². The standard InChI is InChI=1S/C7H12N2O2S/c1-6(2-3-10)12-4-7-8-5-11-9-7/h5-6,10H,2-4H2,1H3. The average Bonchev–Trinajstić information content (AvgIpc) is 2.53. The van der Waals surface area contributed by atoms with Crippen molar-refractivity contribution in [3.05, 3.63) is 12.2 Å². The molecule has 1 aromatic heterocycles. The maximum absolute atomic E-state index is 8.63. The van der Waals surface area contributed by atoms with Gasteiger partial charge in [0, 0.05) is 11.9 Å². The Balaban J connectivity index is 2.17. The minimum atomic E-state index is 0.237. The Kier molecular flexibility index (Phi) is 4.10. The first-order valence-electron chi connectivity index (χ1n) is 3.80. The second-order valence-corrected chi connectivity index (χ2v) is 3.91. The van der Waals surface area contributed by atoms with Crippen LogP contribution in [0.5, 0.6) is 0 Å². The van der Waals surface area contributed by atoms with Crippen molar-refractivity contribution in [2.45, 2.75) is 24.3 Å². The number of hydrogen-bond donors (Lipinski definition) is 1. The van der Waals surface area contributed by atoms with Crippen LogP contribution in [-0.2, 0) is 5.75 Å². The van der Waals surface area contributed by atoms with Gasteiger partial charge in [0.15, 0.2) is 5.82 Å². The molecule has 0 aliphatic heterocycles. The van der Waals surface area contributed by atoms with Gasteiger partial charge in [-0.1, -0.05) is 12.1 Å². The molecule has 4 nitrogen and oxygen atoms in total. The fourth-order valence-electron chi connectivity index (χ4n) is 0.738. The Labute approximate surface area is 75.4 Å². The number of nitrogens with zero attached hydrogens (tertiary/aromatic N) is 2. The second-order valence-electron chi connectivity index (χ2n) is 2.48. The van der Waals surface area contributed by atoms with Crippen LogP contribution in [0.15, 0.2) is 10.9 Å². The van der Waals surface area contributed by atoms with Crippen molar-refractivity contribution in [2.75, 3.05) is 6.61 Å². The van der Waals surface area contributed by atoms with Crippen LogP contribution >= 0.6 is 11.8 Å². The monoisotopic (exact) mass is 188 g/mol. The van der Waals surface area contributed by atoms with Crippen LogP contribution < -0.4 is 0 Å². The lowest BCUT2D eigenvalue weighted by Gasteiger charge is -2.06. The molecule has 0 radical (unpaired) electrons. The second kappa shape index (κ2) is 5.16. The van der Waals surface area contributed by atoms with E-state index in [1.54, 1.807) is 11.8 Å². The fourth-order valence-corrected chi connectivity index (χ4v) is 1.57. The lowest BCUT2D eigenvalue weighted by atomic mass is 10.3. The maximum Gasteiger partial charge on any atom is 0.213 e. The highest BCUT2D eigenvalue weighted by Crippen LogP contribution is 2.17. The van der Waals surface area contributed by atoms with E-state index in [9.17, 15) is 0 Å². The van der Waals surface area contributed by atoms with Gasteiger partial charge in [-0.2, -0.15) is 16.7 Å². The molecule has 5 heteroatoms. The fraction of sp³-hybridized carbons (Fsp3) is 0.714. The van der Waals surface area contributed by atoms with Crippen LogP contribution in [0.4, 0.5) is 0 Å². The van der Waals surface area contributed by atoms with E-state index in [1.807, 2.05) is 0 Å². The van der Waals surface area contributed by atoms with E-state index in [1.165, 1.54) is 6.39 Å². The summed E-state index contributed by atoms with van der Waals surface area (Å²) in [5.74, 6) is 1.46. The lowest BCUT2D eigenvalue weighted by molar-refractivity contribution is 0.289. The van der Waals surface area contributed by atoms with Crippen molar-refractivity contribution in [3.8, 4) is 0 Å². The summed E-state index contributed by atoms with van der Waals surface area (Å²) in [7, 11) is 0. The molecule has 0 aliphatic carbocycles. The predicted molar refractivity (Wildman–Crippen MR) is 46.8 cm³/mol. The third-order valence-corrected chi connectivity index (χ3v) is 2.67. The minimum absolute atomic E-state index is 0.237. The molecule has 1 heterocycles. The quantitative estimate of drug-likeness (QED) is 0.749. The van der Waals surface area contributed by atoms with Crippen molar-refractivity contribution in [1.82, 2.24) is 10.1 Å². The van der Waals surface area contributed by atoms with Gasteiger partial charge in [0.05, 0.1) is 5.75 Å². The smallest absolute Gasteiger partial charge is 0.213 e. The minimum Gasteiger partial charge on any atom is -0.396 e. The van der Waals surface area contributed by atoms with Gasteiger partial charge in [0.2, 0.25) is 6.39 Å². The number of aromatic nitrogens is 2. The topological polar surface area (TPSA) is 59.2 Å². The molecule has 0 bridgehead atoms. The Morgan fingerprint density at radius 2 is 2.58 bits per heavy atom. The molecular weight excluding hydrogens is 176 g/mol. The molecule has 0 aliphatic rings. The van der Waals surface area contributed by atoms with Gasteiger partial charge in [-0.25, -0.2) is 0 Å². The predicted octanol–water partition coefficient (Wildman–Crippen LogP) is 1.07. The Morgan fingerprint density at radius 1 is 1.75 bits per heavy atom. The van der Waals surface area contributed by atoms with Gasteiger partial charge in [-0.3, -0.25) is 0 Å². The lowest BCUT2D eigenvalue weighted by Crippen LogP contribution is -2.00. The Hall–Kier alpha value is -0.550. The zero-order chi connectivity index (χ0) is 8.81. The first kappa shape index (κ1) is 9.54. The summed E-state index contributed by atoms with van der Waals surface area (Å²) in [6, 6.07) is 0. The summed E-state index contributed by atoms with van der Waals surface area (Å²) in [6.45, 7) is 2.31. The third-order valence-electron chi connectivity index (χ3n) is 1.44. The van der Waals surface area contributed by atoms with Crippen molar-refractivity contribution in [1.29, 1.82) is 0 Å². The molecule has 1 aromatic rings. The van der Waals surface area contributed by atoms with Gasteiger partial charge in [0.1, 0.15) is 0 Å². The summed E-state index contributed by atoms with van der Waals surface area (Å²) < 4.78 is 4.58. The van der Waals surface area contributed by atoms with E-state index in [0.717, 1.165) is 12.2 Å². The van der Waals surface area contributed by atoms with E-state index in [-0.39, 0.29) is 6.61 Å². The molecule has 12 heavy (non-hydrogen) atoms. The maximum atomic E-state index is 8.63. The zero-order valence-corrected chi connectivity index (χ0v) is 7.75. The number of aliphatic hydroxyl groups excluding tert-OH is 1. The molecule has 0 aromatic carbocycles. The first-order valence-corrected chi connectivity index (χ1v) is 4.85. The Morgan fingerprint density at radius 3 is 3.17 bits per heavy atom. The molecule has 1 atom stereocenters. The van der Waals surface area contributed by atoms with Crippen LogP contribution in [-0.4, -0.2) is 27.1 Å². The normalized spacial score (nSPS) is 13.2. The molecular formula is C7H12N2O2S. The molecule has 0 amide bonds. The van der Waals surface area contributed by atoms with Crippen LogP contribution in [0.25, 0.3) is 0 Å². The highest BCUT2D eigenvalue weighted by atomic mass is 32.2. The van der Waals surface area contributed by atoms with Gasteiger partial charge in [0.25, 0.3) is 0 Å². The van der Waals surface area contributed by atoms with Crippen molar-refractivity contribution < 1.29 is 9.63 Å². The third kappa shape index (κ3) is 3.23. The van der Waals surface area contributed by atoms with Gasteiger partial charge < -0.3 is 9.63 Å². The average molecular weight is 188 g/mol. The molecule has 0 fully saturated rings. The molecule has 1 N–H and O–H groups in total. The molecule has 0 saturated carbocycles. The van der Waals surface area contributed by atoms with Crippen LogP contribution in [0, 0.1) is 0 Å². The molecule has 0 saturated heterocycles. The van der Waals surface area contributed by atoms with E-state index in [2.05, 4.69) is 21.6 Å². The van der Waals surface area contributed by atoms with Crippen LogP contribution in [0.2, 0.25) is 0 Å². The summed E-state index contributed by atoms with van der Waals surface area (Å²) in [5, 5.41) is 12.7. The molecule has 0 spiro atoms. The molecule has 1 unspecified atom stereocenters. The first-order chi connectivity index (χ1) is 5.83.